The first-order valence-corrected chi connectivity index (χ1v) is 5.89. The highest BCUT2D eigenvalue weighted by molar-refractivity contribution is 9.10. The molecule has 2 rings (SSSR count). The Bertz CT molecular complexity index is 483. The van der Waals surface area contributed by atoms with Gasteiger partial charge in [0.25, 0.3) is 0 Å². The summed E-state index contributed by atoms with van der Waals surface area (Å²) in [5, 5.41) is 0. The fourth-order valence-electron chi connectivity index (χ4n) is 1.53. The highest BCUT2D eigenvalue weighted by atomic mass is 79.9. The van der Waals surface area contributed by atoms with Crippen LogP contribution in [0, 0.1) is 6.92 Å². The zero-order chi connectivity index (χ0) is 11.5. The number of aromatic nitrogens is 1. The molecule has 0 N–H and O–H groups in total. The standard InChI is InChI=1S/C13H13BrN2/c1-10-8-9-15-13(12(10)14)16(2)11-6-4-3-5-7-11/h3-9H,1-2H3. The third-order valence-corrected chi connectivity index (χ3v) is 3.51. The number of hydrogen-bond donors (Lipinski definition) is 0. The van der Waals surface area contributed by atoms with Gasteiger partial charge in [-0.2, -0.15) is 0 Å². The zero-order valence-electron chi connectivity index (χ0n) is 9.31. The maximum Gasteiger partial charge on any atom is 0.147 e. The number of benzene rings is 1. The largest absolute Gasteiger partial charge is 0.329 e. The molecule has 82 valence electrons. The first-order chi connectivity index (χ1) is 7.70. The smallest absolute Gasteiger partial charge is 0.147 e. The summed E-state index contributed by atoms with van der Waals surface area (Å²) >= 11 is 3.57. The van der Waals surface area contributed by atoms with E-state index in [1.807, 2.05) is 37.5 Å². The number of hydrogen-bond acceptors (Lipinski definition) is 2. The summed E-state index contributed by atoms with van der Waals surface area (Å²) in [4.78, 5) is 6.46. The third kappa shape index (κ3) is 2.09. The molecule has 0 bridgehead atoms. The highest BCUT2D eigenvalue weighted by Gasteiger charge is 2.10. The first kappa shape index (κ1) is 11.1. The van der Waals surface area contributed by atoms with Gasteiger partial charge < -0.3 is 4.90 Å². The molecule has 1 aromatic heterocycles. The van der Waals surface area contributed by atoms with Gasteiger partial charge in [0.2, 0.25) is 0 Å². The van der Waals surface area contributed by atoms with Crippen LogP contribution in [0.5, 0.6) is 0 Å². The fraction of sp³-hybridized carbons (Fsp3) is 0.154. The van der Waals surface area contributed by atoms with Crippen LogP contribution in [-0.4, -0.2) is 12.0 Å². The van der Waals surface area contributed by atoms with E-state index in [1.54, 1.807) is 0 Å². The molecule has 2 aromatic rings. The Morgan fingerprint density at radius 1 is 1.12 bits per heavy atom. The van der Waals surface area contributed by atoms with Crippen molar-refractivity contribution in [1.29, 1.82) is 0 Å². The van der Waals surface area contributed by atoms with Gasteiger partial charge in [0, 0.05) is 18.9 Å². The molecule has 3 heteroatoms. The summed E-state index contributed by atoms with van der Waals surface area (Å²) in [6.45, 7) is 2.06. The molecule has 0 aliphatic heterocycles. The lowest BCUT2D eigenvalue weighted by Crippen LogP contribution is -2.11. The molecule has 0 aliphatic carbocycles. The summed E-state index contributed by atoms with van der Waals surface area (Å²) in [7, 11) is 2.02. The number of anilines is 2. The van der Waals surface area contributed by atoms with E-state index in [0.29, 0.717) is 0 Å². The van der Waals surface area contributed by atoms with Crippen molar-refractivity contribution in [3.05, 3.63) is 52.6 Å². The van der Waals surface area contributed by atoms with Crippen molar-refractivity contribution in [3.63, 3.8) is 0 Å². The molecule has 0 aliphatic rings. The van der Waals surface area contributed by atoms with Crippen LogP contribution in [0.25, 0.3) is 0 Å². The Labute approximate surface area is 104 Å². The van der Waals surface area contributed by atoms with Crippen molar-refractivity contribution < 1.29 is 0 Å². The van der Waals surface area contributed by atoms with E-state index in [4.69, 9.17) is 0 Å². The Morgan fingerprint density at radius 2 is 1.81 bits per heavy atom. The van der Waals surface area contributed by atoms with Gasteiger partial charge in [-0.05, 0) is 46.6 Å². The summed E-state index contributed by atoms with van der Waals surface area (Å²) in [6.07, 6.45) is 1.83. The minimum Gasteiger partial charge on any atom is -0.329 e. The van der Waals surface area contributed by atoms with Crippen LogP contribution < -0.4 is 4.90 Å². The van der Waals surface area contributed by atoms with Gasteiger partial charge in [-0.15, -0.1) is 0 Å². The van der Waals surface area contributed by atoms with Crippen LogP contribution >= 0.6 is 15.9 Å². The molecule has 0 spiro atoms. The van der Waals surface area contributed by atoms with E-state index < -0.39 is 0 Å². The number of pyridine rings is 1. The van der Waals surface area contributed by atoms with E-state index >= 15 is 0 Å². The van der Waals surface area contributed by atoms with E-state index in [1.165, 1.54) is 5.56 Å². The van der Waals surface area contributed by atoms with E-state index in [9.17, 15) is 0 Å². The molecule has 0 unspecified atom stereocenters. The van der Waals surface area contributed by atoms with Crippen LogP contribution in [0.3, 0.4) is 0 Å². The average molecular weight is 277 g/mol. The van der Waals surface area contributed by atoms with E-state index in [2.05, 4.69) is 44.9 Å². The van der Waals surface area contributed by atoms with Gasteiger partial charge >= 0.3 is 0 Å². The minimum atomic E-state index is 0.936. The van der Waals surface area contributed by atoms with Gasteiger partial charge in [0.05, 0.1) is 4.47 Å². The van der Waals surface area contributed by atoms with Crippen LogP contribution in [0.2, 0.25) is 0 Å². The topological polar surface area (TPSA) is 16.1 Å². The number of para-hydroxylation sites is 1. The molecule has 1 aromatic carbocycles. The van der Waals surface area contributed by atoms with Crippen molar-refractivity contribution >= 4 is 27.4 Å². The fourth-order valence-corrected chi connectivity index (χ4v) is 2.03. The summed E-state index contributed by atoms with van der Waals surface area (Å²) in [6, 6.07) is 12.2. The predicted molar refractivity (Wildman–Crippen MR) is 71.2 cm³/mol. The second-order valence-electron chi connectivity index (χ2n) is 3.66. The van der Waals surface area contributed by atoms with Crippen molar-refractivity contribution in [3.8, 4) is 0 Å². The lowest BCUT2D eigenvalue weighted by molar-refractivity contribution is 1.10. The number of halogens is 1. The molecule has 0 amide bonds. The molecule has 2 nitrogen and oxygen atoms in total. The molecular weight excluding hydrogens is 264 g/mol. The van der Waals surface area contributed by atoms with Gasteiger partial charge in [-0.3, -0.25) is 0 Å². The van der Waals surface area contributed by atoms with Gasteiger partial charge in [0.1, 0.15) is 5.82 Å². The lowest BCUT2D eigenvalue weighted by Gasteiger charge is -2.20. The van der Waals surface area contributed by atoms with E-state index in [-0.39, 0.29) is 0 Å². The van der Waals surface area contributed by atoms with Crippen LogP contribution in [0.4, 0.5) is 11.5 Å². The summed E-state index contributed by atoms with van der Waals surface area (Å²) in [5.41, 5.74) is 2.31. The molecule has 1 heterocycles. The average Bonchev–Trinajstić information content (AvgIpc) is 2.33. The molecule has 0 saturated carbocycles. The number of aryl methyl sites for hydroxylation is 1. The highest BCUT2D eigenvalue weighted by Crippen LogP contribution is 2.30. The Hall–Kier alpha value is -1.35. The summed E-state index contributed by atoms with van der Waals surface area (Å²) in [5.74, 6) is 0.936. The SMILES string of the molecule is Cc1ccnc(N(C)c2ccccc2)c1Br. The van der Waals surface area contributed by atoms with Crippen LogP contribution in [0.15, 0.2) is 47.1 Å². The molecule has 0 radical (unpaired) electrons. The monoisotopic (exact) mass is 276 g/mol. The maximum absolute atomic E-state index is 4.39. The molecule has 0 fully saturated rings. The molecular formula is C13H13BrN2. The van der Waals surface area contributed by atoms with Gasteiger partial charge in [-0.1, -0.05) is 18.2 Å². The van der Waals surface area contributed by atoms with E-state index in [0.717, 1.165) is 16.0 Å². The van der Waals surface area contributed by atoms with Crippen molar-refractivity contribution in [1.82, 2.24) is 4.98 Å². The van der Waals surface area contributed by atoms with Crippen molar-refractivity contribution in [2.75, 3.05) is 11.9 Å². The number of rotatable bonds is 2. The Balaban J connectivity index is 2.42. The maximum atomic E-state index is 4.39. The van der Waals surface area contributed by atoms with Crippen molar-refractivity contribution in [2.24, 2.45) is 0 Å². The first-order valence-electron chi connectivity index (χ1n) is 5.10. The van der Waals surface area contributed by atoms with Gasteiger partial charge in [-0.25, -0.2) is 4.98 Å². The normalized spacial score (nSPS) is 10.2. The second kappa shape index (κ2) is 4.66. The number of nitrogens with zero attached hydrogens (tertiary/aromatic N) is 2. The molecule has 0 atom stereocenters. The quantitative estimate of drug-likeness (QED) is 0.827. The summed E-state index contributed by atoms with van der Waals surface area (Å²) < 4.78 is 1.04. The van der Waals surface area contributed by atoms with Crippen molar-refractivity contribution in [2.45, 2.75) is 6.92 Å². The molecule has 0 saturated heterocycles. The van der Waals surface area contributed by atoms with Crippen LogP contribution in [0.1, 0.15) is 5.56 Å². The lowest BCUT2D eigenvalue weighted by atomic mass is 10.2. The Kier molecular flexibility index (Phi) is 3.25. The minimum absolute atomic E-state index is 0.936. The predicted octanol–water partition coefficient (Wildman–Crippen LogP) is 3.92. The zero-order valence-corrected chi connectivity index (χ0v) is 10.9. The Morgan fingerprint density at radius 3 is 2.50 bits per heavy atom. The third-order valence-electron chi connectivity index (χ3n) is 2.53. The second-order valence-corrected chi connectivity index (χ2v) is 4.45. The molecule has 16 heavy (non-hydrogen) atoms. The van der Waals surface area contributed by atoms with Gasteiger partial charge in [0.15, 0.2) is 0 Å². The van der Waals surface area contributed by atoms with Crippen LogP contribution in [-0.2, 0) is 0 Å².